The van der Waals surface area contributed by atoms with Crippen molar-refractivity contribution in [2.24, 2.45) is 0 Å². The van der Waals surface area contributed by atoms with Crippen LogP contribution >= 0.6 is 11.6 Å². The standard InChI is InChI=1S/C25H29ClFN3O2/c1-2-18-7-5-8-21(24(18)26)30-14-12-29(13-15-30)17-20(27)10-11-28-25(31)23-16-19-6-3-4-9-22(19)32-23/h3-9,16,20H,2,10-15,17H2,1H3,(H,28,31)/t20-/m0/s1. The van der Waals surface area contributed by atoms with Crippen LogP contribution in [-0.4, -0.2) is 56.2 Å². The van der Waals surface area contributed by atoms with Crippen molar-refractivity contribution in [1.82, 2.24) is 10.2 Å². The van der Waals surface area contributed by atoms with Crippen molar-refractivity contribution in [1.29, 1.82) is 0 Å². The monoisotopic (exact) mass is 457 g/mol. The Morgan fingerprint density at radius 2 is 1.94 bits per heavy atom. The molecular weight excluding hydrogens is 429 g/mol. The molecular formula is C25H29ClFN3O2. The second kappa shape index (κ2) is 10.4. The highest BCUT2D eigenvalue weighted by Crippen LogP contribution is 2.30. The number of hydrogen-bond acceptors (Lipinski definition) is 4. The predicted molar refractivity (Wildman–Crippen MR) is 128 cm³/mol. The molecule has 32 heavy (non-hydrogen) atoms. The quantitative estimate of drug-likeness (QED) is 0.521. The minimum absolute atomic E-state index is 0.253. The van der Waals surface area contributed by atoms with Crippen LogP contribution in [0.2, 0.25) is 5.02 Å². The summed E-state index contributed by atoms with van der Waals surface area (Å²) in [5.41, 5.74) is 2.89. The van der Waals surface area contributed by atoms with Crippen molar-refractivity contribution in [3.05, 3.63) is 64.9 Å². The Balaban J connectivity index is 1.20. The van der Waals surface area contributed by atoms with E-state index in [1.54, 1.807) is 6.07 Å². The lowest BCUT2D eigenvalue weighted by atomic mass is 10.1. The van der Waals surface area contributed by atoms with Crippen LogP contribution in [0.25, 0.3) is 11.0 Å². The number of amides is 1. The molecule has 0 saturated carbocycles. The molecule has 5 nitrogen and oxygen atoms in total. The van der Waals surface area contributed by atoms with Gasteiger partial charge in [0.25, 0.3) is 5.91 Å². The molecule has 1 amide bonds. The molecule has 0 aliphatic carbocycles. The number of hydrogen-bond donors (Lipinski definition) is 1. The first-order chi connectivity index (χ1) is 15.5. The number of fused-ring (bicyclic) bond motifs is 1. The van der Waals surface area contributed by atoms with E-state index in [0.717, 1.165) is 54.3 Å². The number of halogens is 2. The fourth-order valence-corrected chi connectivity index (χ4v) is 4.53. The lowest BCUT2D eigenvalue weighted by Crippen LogP contribution is -2.48. The van der Waals surface area contributed by atoms with Gasteiger partial charge in [-0.25, -0.2) is 4.39 Å². The molecule has 0 unspecified atom stereocenters. The molecule has 0 spiro atoms. The molecule has 1 saturated heterocycles. The van der Waals surface area contributed by atoms with Crippen molar-refractivity contribution in [3.63, 3.8) is 0 Å². The number of benzene rings is 2. The van der Waals surface area contributed by atoms with Crippen molar-refractivity contribution >= 4 is 34.2 Å². The lowest BCUT2D eigenvalue weighted by molar-refractivity contribution is 0.0922. The Bertz CT molecular complexity index is 1030. The molecule has 1 aliphatic heterocycles. The van der Waals surface area contributed by atoms with E-state index in [0.29, 0.717) is 12.1 Å². The van der Waals surface area contributed by atoms with Crippen molar-refractivity contribution in [2.45, 2.75) is 25.9 Å². The summed E-state index contributed by atoms with van der Waals surface area (Å²) < 4.78 is 20.1. The fourth-order valence-electron chi connectivity index (χ4n) is 4.15. The number of rotatable bonds is 8. The minimum atomic E-state index is -0.996. The normalized spacial score (nSPS) is 15.8. The summed E-state index contributed by atoms with van der Waals surface area (Å²) in [6.07, 6.45) is 0.184. The number of piperazine rings is 1. The average Bonchev–Trinajstić information content (AvgIpc) is 3.24. The van der Waals surface area contributed by atoms with E-state index in [-0.39, 0.29) is 24.6 Å². The zero-order valence-corrected chi connectivity index (χ0v) is 19.1. The zero-order valence-electron chi connectivity index (χ0n) is 18.3. The lowest BCUT2D eigenvalue weighted by Gasteiger charge is -2.37. The van der Waals surface area contributed by atoms with Gasteiger partial charge in [-0.1, -0.05) is 48.9 Å². The summed E-state index contributed by atoms with van der Waals surface area (Å²) >= 11 is 6.56. The molecule has 4 rings (SSSR count). The van der Waals surface area contributed by atoms with Gasteiger partial charge >= 0.3 is 0 Å². The highest BCUT2D eigenvalue weighted by Gasteiger charge is 2.22. The Morgan fingerprint density at radius 1 is 1.16 bits per heavy atom. The Kier molecular flexibility index (Phi) is 7.33. The van der Waals surface area contributed by atoms with Crippen LogP contribution in [0.15, 0.2) is 52.9 Å². The van der Waals surface area contributed by atoms with Gasteiger partial charge in [0.2, 0.25) is 0 Å². The van der Waals surface area contributed by atoms with Gasteiger partial charge in [-0.05, 0) is 36.6 Å². The first-order valence-corrected chi connectivity index (χ1v) is 11.6. The van der Waals surface area contributed by atoms with E-state index in [9.17, 15) is 9.18 Å². The number of aryl methyl sites for hydroxylation is 1. The number of furan rings is 1. The summed E-state index contributed by atoms with van der Waals surface area (Å²) in [6, 6.07) is 15.3. The van der Waals surface area contributed by atoms with Crippen LogP contribution in [0, 0.1) is 0 Å². The zero-order chi connectivity index (χ0) is 22.5. The van der Waals surface area contributed by atoms with Crippen LogP contribution in [0.5, 0.6) is 0 Å². The molecule has 2 heterocycles. The van der Waals surface area contributed by atoms with Crippen molar-refractivity contribution < 1.29 is 13.6 Å². The Labute approximate surface area is 193 Å². The average molecular weight is 458 g/mol. The summed E-state index contributed by atoms with van der Waals surface area (Å²) in [5, 5.41) is 4.46. The maximum absolute atomic E-state index is 14.5. The maximum atomic E-state index is 14.5. The molecule has 2 aromatic carbocycles. The number of nitrogens with one attached hydrogen (secondary N) is 1. The van der Waals surface area contributed by atoms with E-state index in [4.69, 9.17) is 16.0 Å². The van der Waals surface area contributed by atoms with Gasteiger partial charge in [0.05, 0.1) is 10.7 Å². The highest BCUT2D eigenvalue weighted by atomic mass is 35.5. The molecule has 1 fully saturated rings. The molecule has 3 aromatic rings. The minimum Gasteiger partial charge on any atom is -0.451 e. The van der Waals surface area contributed by atoms with Crippen LogP contribution in [0.4, 0.5) is 10.1 Å². The smallest absolute Gasteiger partial charge is 0.287 e. The summed E-state index contributed by atoms with van der Waals surface area (Å²) in [4.78, 5) is 16.7. The molecule has 1 aromatic heterocycles. The summed E-state index contributed by atoms with van der Waals surface area (Å²) in [6.45, 7) is 5.97. The first-order valence-electron chi connectivity index (χ1n) is 11.2. The molecule has 170 valence electrons. The molecule has 1 atom stereocenters. The van der Waals surface area contributed by atoms with E-state index in [2.05, 4.69) is 34.2 Å². The molecule has 1 aliphatic rings. The topological polar surface area (TPSA) is 48.7 Å². The van der Waals surface area contributed by atoms with Gasteiger partial charge in [-0.15, -0.1) is 0 Å². The first kappa shape index (κ1) is 22.6. The van der Waals surface area contributed by atoms with Crippen LogP contribution in [-0.2, 0) is 6.42 Å². The largest absolute Gasteiger partial charge is 0.451 e. The van der Waals surface area contributed by atoms with Crippen LogP contribution in [0.1, 0.15) is 29.5 Å². The number of carbonyl (C=O) groups excluding carboxylic acids is 1. The van der Waals surface area contributed by atoms with Gasteiger partial charge in [0.15, 0.2) is 5.76 Å². The van der Waals surface area contributed by atoms with Crippen molar-refractivity contribution in [2.75, 3.05) is 44.2 Å². The third-order valence-corrected chi connectivity index (χ3v) is 6.44. The molecule has 1 N–H and O–H groups in total. The third-order valence-electron chi connectivity index (χ3n) is 6.00. The Morgan fingerprint density at radius 3 is 2.69 bits per heavy atom. The van der Waals surface area contributed by atoms with Gasteiger partial charge in [0.1, 0.15) is 11.8 Å². The van der Waals surface area contributed by atoms with E-state index < -0.39 is 6.17 Å². The molecule has 0 bridgehead atoms. The van der Waals surface area contributed by atoms with Gasteiger partial charge in [-0.3, -0.25) is 9.69 Å². The number of anilines is 1. The predicted octanol–water partition coefficient (Wildman–Crippen LogP) is 4.93. The van der Waals surface area contributed by atoms with Crippen molar-refractivity contribution in [3.8, 4) is 0 Å². The van der Waals surface area contributed by atoms with Crippen LogP contribution < -0.4 is 10.2 Å². The summed E-state index contributed by atoms with van der Waals surface area (Å²) in [5.74, 6) is -0.0586. The van der Waals surface area contributed by atoms with Gasteiger partial charge < -0.3 is 14.6 Å². The van der Waals surface area contributed by atoms with Gasteiger partial charge in [0, 0.05) is 44.7 Å². The molecule has 0 radical (unpaired) electrons. The second-order valence-electron chi connectivity index (χ2n) is 8.18. The summed E-state index contributed by atoms with van der Waals surface area (Å²) in [7, 11) is 0. The van der Waals surface area contributed by atoms with E-state index >= 15 is 0 Å². The number of carbonyl (C=O) groups is 1. The molecule has 7 heteroatoms. The number of nitrogens with zero attached hydrogens (tertiary/aromatic N) is 2. The Hall–Kier alpha value is -2.57. The number of alkyl halides is 1. The van der Waals surface area contributed by atoms with E-state index in [1.807, 2.05) is 30.3 Å². The third kappa shape index (κ3) is 5.25. The van der Waals surface area contributed by atoms with Crippen LogP contribution in [0.3, 0.4) is 0 Å². The van der Waals surface area contributed by atoms with Gasteiger partial charge in [-0.2, -0.15) is 0 Å². The second-order valence-corrected chi connectivity index (χ2v) is 8.56. The number of para-hydroxylation sites is 1. The SMILES string of the molecule is CCc1cccc(N2CCN(C[C@@H](F)CCNC(=O)c3cc4ccccc4o3)CC2)c1Cl. The fraction of sp³-hybridized carbons (Fsp3) is 0.400. The maximum Gasteiger partial charge on any atom is 0.287 e. The van der Waals surface area contributed by atoms with E-state index in [1.165, 1.54) is 0 Å². The highest BCUT2D eigenvalue weighted by molar-refractivity contribution is 6.34.